The Hall–Kier alpha value is 0.310. The van der Waals surface area contributed by atoms with Crippen molar-refractivity contribution in [3.05, 3.63) is 0 Å². The predicted octanol–water partition coefficient (Wildman–Crippen LogP) is 3.14. The van der Waals surface area contributed by atoms with E-state index in [-0.39, 0.29) is 0 Å². The fourth-order valence-corrected chi connectivity index (χ4v) is 2.62. The van der Waals surface area contributed by atoms with Gasteiger partial charge in [0.05, 0.1) is 0 Å². The minimum atomic E-state index is 0.768. The van der Waals surface area contributed by atoms with Crippen molar-refractivity contribution >= 4 is 11.8 Å². The van der Waals surface area contributed by atoms with Gasteiger partial charge in [-0.25, -0.2) is 0 Å². The van der Waals surface area contributed by atoms with Gasteiger partial charge in [-0.3, -0.25) is 0 Å². The normalized spacial score (nSPS) is 18.2. The Morgan fingerprint density at radius 3 is 2.31 bits per heavy atom. The first-order valence-corrected chi connectivity index (χ1v) is 6.50. The summed E-state index contributed by atoms with van der Waals surface area (Å²) in [7, 11) is 0. The van der Waals surface area contributed by atoms with Crippen LogP contribution in [0.5, 0.6) is 0 Å². The summed E-state index contributed by atoms with van der Waals surface area (Å²) in [6, 6.07) is 0. The molecule has 0 aliphatic heterocycles. The van der Waals surface area contributed by atoms with Gasteiger partial charge in [0.2, 0.25) is 0 Å². The summed E-state index contributed by atoms with van der Waals surface area (Å²) in [5, 5.41) is 0.779. The average molecular weight is 203 g/mol. The summed E-state index contributed by atoms with van der Waals surface area (Å²) < 4.78 is 0. The molecule has 0 heterocycles. The van der Waals surface area contributed by atoms with Crippen molar-refractivity contribution in [3.63, 3.8) is 0 Å². The van der Waals surface area contributed by atoms with Crippen molar-refractivity contribution in [2.24, 2.45) is 17.6 Å². The molecule has 2 heteroatoms. The number of nitrogens with two attached hydrogens (primary N) is 1. The van der Waals surface area contributed by atoms with Gasteiger partial charge in [0.25, 0.3) is 0 Å². The molecule has 0 amide bonds. The van der Waals surface area contributed by atoms with E-state index in [1.54, 1.807) is 0 Å². The first kappa shape index (κ1) is 13.3. The smallest absolute Gasteiger partial charge is 0.00469 e. The van der Waals surface area contributed by atoms with Gasteiger partial charge in [-0.05, 0) is 37.0 Å². The third-order valence-electron chi connectivity index (χ3n) is 2.84. The molecule has 0 aromatic rings. The maximum absolute atomic E-state index is 5.56. The van der Waals surface area contributed by atoms with Gasteiger partial charge in [0.1, 0.15) is 0 Å². The fourth-order valence-electron chi connectivity index (χ4n) is 1.44. The molecular weight excluding hydrogens is 178 g/mol. The Labute approximate surface area is 87.9 Å². The van der Waals surface area contributed by atoms with Crippen molar-refractivity contribution < 1.29 is 0 Å². The molecule has 0 aromatic carbocycles. The molecule has 1 nitrogen and oxygen atoms in total. The molecule has 13 heavy (non-hydrogen) atoms. The van der Waals surface area contributed by atoms with Gasteiger partial charge in [-0.1, -0.05) is 27.7 Å². The lowest BCUT2D eigenvalue weighted by Crippen LogP contribution is -2.21. The Morgan fingerprint density at radius 2 is 1.85 bits per heavy atom. The van der Waals surface area contributed by atoms with Crippen LogP contribution in [-0.4, -0.2) is 17.5 Å². The summed E-state index contributed by atoms with van der Waals surface area (Å²) in [5.41, 5.74) is 5.56. The molecule has 0 bridgehead atoms. The van der Waals surface area contributed by atoms with E-state index in [0.717, 1.165) is 30.1 Å². The van der Waals surface area contributed by atoms with Crippen LogP contribution >= 0.6 is 11.8 Å². The molecular formula is C11H25NS. The largest absolute Gasteiger partial charge is 0.330 e. The molecule has 0 spiro atoms. The van der Waals surface area contributed by atoms with E-state index in [2.05, 4.69) is 39.5 Å². The number of rotatable bonds is 7. The second-order valence-corrected chi connectivity index (χ2v) is 5.47. The van der Waals surface area contributed by atoms with Gasteiger partial charge in [0.15, 0.2) is 0 Å². The molecule has 0 fully saturated rings. The van der Waals surface area contributed by atoms with Crippen LogP contribution in [0.25, 0.3) is 0 Å². The third kappa shape index (κ3) is 5.58. The van der Waals surface area contributed by atoms with E-state index < -0.39 is 0 Å². The molecule has 80 valence electrons. The van der Waals surface area contributed by atoms with E-state index in [1.165, 1.54) is 12.2 Å². The highest BCUT2D eigenvalue weighted by Crippen LogP contribution is 2.27. The lowest BCUT2D eigenvalue weighted by molar-refractivity contribution is 0.367. The van der Waals surface area contributed by atoms with Gasteiger partial charge in [-0.2, -0.15) is 11.8 Å². The van der Waals surface area contributed by atoms with Crippen molar-refractivity contribution in [2.75, 3.05) is 12.3 Å². The van der Waals surface area contributed by atoms with E-state index >= 15 is 0 Å². The molecule has 3 atom stereocenters. The van der Waals surface area contributed by atoms with Crippen LogP contribution in [-0.2, 0) is 0 Å². The topological polar surface area (TPSA) is 26.0 Å². The summed E-state index contributed by atoms with van der Waals surface area (Å²) in [5.74, 6) is 2.85. The van der Waals surface area contributed by atoms with Crippen LogP contribution in [0, 0.1) is 11.8 Å². The summed E-state index contributed by atoms with van der Waals surface area (Å²) in [6.07, 6.45) is 2.45. The molecule has 0 rings (SSSR count). The zero-order valence-electron chi connectivity index (χ0n) is 9.55. The van der Waals surface area contributed by atoms with Gasteiger partial charge < -0.3 is 5.73 Å². The van der Waals surface area contributed by atoms with Crippen LogP contribution in [0.1, 0.15) is 40.5 Å². The zero-order valence-corrected chi connectivity index (χ0v) is 10.4. The van der Waals surface area contributed by atoms with Crippen LogP contribution in [0.3, 0.4) is 0 Å². The molecule has 0 aliphatic carbocycles. The number of thioether (sulfide) groups is 1. The van der Waals surface area contributed by atoms with Crippen LogP contribution in [0.15, 0.2) is 0 Å². The maximum atomic E-state index is 5.56. The monoisotopic (exact) mass is 203 g/mol. The Kier molecular flexibility index (Phi) is 7.87. The fraction of sp³-hybridized carbons (Fsp3) is 1.00. The van der Waals surface area contributed by atoms with E-state index in [0.29, 0.717) is 0 Å². The second-order valence-electron chi connectivity index (χ2n) is 3.99. The summed E-state index contributed by atoms with van der Waals surface area (Å²) in [6.45, 7) is 10.1. The quantitative estimate of drug-likeness (QED) is 0.688. The Balaban J connectivity index is 3.71. The van der Waals surface area contributed by atoms with Crippen LogP contribution in [0.4, 0.5) is 0 Å². The zero-order chi connectivity index (χ0) is 10.3. The minimum absolute atomic E-state index is 0.768. The SMILES string of the molecule is CCCSC(C)C(C)[C@@H](C)CCN. The predicted molar refractivity (Wildman–Crippen MR) is 64.2 cm³/mol. The van der Waals surface area contributed by atoms with Crippen LogP contribution < -0.4 is 5.73 Å². The van der Waals surface area contributed by atoms with Crippen molar-refractivity contribution in [3.8, 4) is 0 Å². The van der Waals surface area contributed by atoms with Crippen molar-refractivity contribution in [1.82, 2.24) is 0 Å². The Bertz CT molecular complexity index is 117. The van der Waals surface area contributed by atoms with Crippen molar-refractivity contribution in [2.45, 2.75) is 45.8 Å². The molecule has 0 radical (unpaired) electrons. The van der Waals surface area contributed by atoms with E-state index in [4.69, 9.17) is 5.73 Å². The lowest BCUT2D eigenvalue weighted by atomic mass is 9.90. The van der Waals surface area contributed by atoms with E-state index in [1.807, 2.05) is 0 Å². The van der Waals surface area contributed by atoms with Gasteiger partial charge >= 0.3 is 0 Å². The highest BCUT2D eigenvalue weighted by molar-refractivity contribution is 7.99. The molecule has 0 saturated carbocycles. The first-order chi connectivity index (χ1) is 6.13. The highest BCUT2D eigenvalue weighted by atomic mass is 32.2. The Morgan fingerprint density at radius 1 is 1.23 bits per heavy atom. The molecule has 0 aliphatic rings. The first-order valence-electron chi connectivity index (χ1n) is 5.45. The second kappa shape index (κ2) is 7.69. The third-order valence-corrected chi connectivity index (χ3v) is 4.44. The standard InChI is InChI=1S/C11H25NS/c1-5-8-13-11(4)10(3)9(2)6-7-12/h9-11H,5-8,12H2,1-4H3/t9-,10?,11?/m0/s1. The molecule has 0 saturated heterocycles. The highest BCUT2D eigenvalue weighted by Gasteiger charge is 2.18. The van der Waals surface area contributed by atoms with Gasteiger partial charge in [0, 0.05) is 5.25 Å². The molecule has 2 unspecified atom stereocenters. The van der Waals surface area contributed by atoms with Crippen LogP contribution in [0.2, 0.25) is 0 Å². The summed E-state index contributed by atoms with van der Waals surface area (Å²) in [4.78, 5) is 0. The molecule has 2 N–H and O–H groups in total. The average Bonchev–Trinajstić information content (AvgIpc) is 2.13. The summed E-state index contributed by atoms with van der Waals surface area (Å²) >= 11 is 2.10. The maximum Gasteiger partial charge on any atom is 0.00469 e. The number of hydrogen-bond acceptors (Lipinski definition) is 2. The molecule has 0 aromatic heterocycles. The van der Waals surface area contributed by atoms with E-state index in [9.17, 15) is 0 Å². The van der Waals surface area contributed by atoms with Gasteiger partial charge in [-0.15, -0.1) is 0 Å². The van der Waals surface area contributed by atoms with Crippen molar-refractivity contribution in [1.29, 1.82) is 0 Å². The minimum Gasteiger partial charge on any atom is -0.330 e. The lowest BCUT2D eigenvalue weighted by Gasteiger charge is -2.25. The number of hydrogen-bond donors (Lipinski definition) is 1.